The first-order valence-corrected chi connectivity index (χ1v) is 9.26. The van der Waals surface area contributed by atoms with Crippen LogP contribution in [0.1, 0.15) is 18.0 Å². The quantitative estimate of drug-likeness (QED) is 0.591. The minimum absolute atomic E-state index is 0.177. The molecular formula is C19H14BrN3O5. The molecule has 2 N–H and O–H groups in total. The Morgan fingerprint density at radius 1 is 1.18 bits per heavy atom. The standard InChI is InChI=1S/C19H14BrN3O5/c20-11-8-10-6-7-14(23-15(10)13(9-11)21-16(24)18(23)26)17(25)22(19(27)28)12-4-2-1-3-5-12/h1-5,8-9,14H,6-7H2,(H,21,24)(H,27,28). The van der Waals surface area contributed by atoms with Gasteiger partial charge in [-0.15, -0.1) is 0 Å². The Kier molecular flexibility index (Phi) is 4.38. The zero-order chi connectivity index (χ0) is 20.0. The van der Waals surface area contributed by atoms with E-state index in [1.165, 1.54) is 12.1 Å². The predicted molar refractivity (Wildman–Crippen MR) is 106 cm³/mol. The molecule has 0 fully saturated rings. The second kappa shape index (κ2) is 6.75. The summed E-state index contributed by atoms with van der Waals surface area (Å²) < 4.78 is 1.86. The number of nitrogens with zero attached hydrogens (tertiary/aromatic N) is 2. The van der Waals surface area contributed by atoms with E-state index in [4.69, 9.17) is 0 Å². The number of hydrogen-bond acceptors (Lipinski definition) is 4. The summed E-state index contributed by atoms with van der Waals surface area (Å²) in [5, 5.41) is 9.62. The molecule has 0 bridgehead atoms. The second-order valence-electron chi connectivity index (χ2n) is 6.44. The highest BCUT2D eigenvalue weighted by molar-refractivity contribution is 9.10. The molecular weight excluding hydrogens is 430 g/mol. The van der Waals surface area contributed by atoms with Gasteiger partial charge in [0, 0.05) is 4.47 Å². The fourth-order valence-corrected chi connectivity index (χ4v) is 4.13. The van der Waals surface area contributed by atoms with Gasteiger partial charge >= 0.3 is 17.2 Å². The minimum Gasteiger partial charge on any atom is -0.464 e. The number of benzene rings is 2. The van der Waals surface area contributed by atoms with Crippen molar-refractivity contribution in [2.45, 2.75) is 18.9 Å². The van der Waals surface area contributed by atoms with Gasteiger partial charge in [0.2, 0.25) is 0 Å². The Bertz CT molecular complexity index is 1230. The summed E-state index contributed by atoms with van der Waals surface area (Å²) >= 11 is 3.37. The van der Waals surface area contributed by atoms with E-state index in [0.717, 1.165) is 14.6 Å². The zero-order valence-electron chi connectivity index (χ0n) is 14.4. The summed E-state index contributed by atoms with van der Waals surface area (Å²) in [5.41, 5.74) is 0.0771. The number of aryl methyl sites for hydroxylation is 1. The first-order valence-electron chi connectivity index (χ1n) is 8.47. The molecule has 1 aliphatic heterocycles. The first kappa shape index (κ1) is 18.2. The maximum absolute atomic E-state index is 13.2. The van der Waals surface area contributed by atoms with Gasteiger partial charge in [0.15, 0.2) is 0 Å². The highest BCUT2D eigenvalue weighted by atomic mass is 79.9. The Morgan fingerprint density at radius 2 is 1.89 bits per heavy atom. The van der Waals surface area contributed by atoms with E-state index >= 15 is 0 Å². The number of carboxylic acid groups (broad SMARTS) is 1. The molecule has 3 aromatic rings. The van der Waals surface area contributed by atoms with Crippen LogP contribution in [0.2, 0.25) is 0 Å². The van der Waals surface area contributed by atoms with Crippen LogP contribution in [-0.2, 0) is 11.2 Å². The van der Waals surface area contributed by atoms with E-state index in [0.29, 0.717) is 22.4 Å². The number of H-pyrrole nitrogens is 1. The number of nitrogens with one attached hydrogen (secondary N) is 1. The van der Waals surface area contributed by atoms with Crippen LogP contribution < -0.4 is 16.0 Å². The third kappa shape index (κ3) is 2.84. The Morgan fingerprint density at radius 3 is 2.57 bits per heavy atom. The maximum atomic E-state index is 13.2. The lowest BCUT2D eigenvalue weighted by atomic mass is 9.97. The molecule has 1 unspecified atom stereocenters. The lowest BCUT2D eigenvalue weighted by molar-refractivity contribution is -0.121. The molecule has 4 rings (SSSR count). The lowest BCUT2D eigenvalue weighted by Gasteiger charge is -2.29. The highest BCUT2D eigenvalue weighted by Gasteiger charge is 2.35. The predicted octanol–water partition coefficient (Wildman–Crippen LogP) is 2.65. The van der Waals surface area contributed by atoms with Crippen molar-refractivity contribution in [2.75, 3.05) is 4.90 Å². The van der Waals surface area contributed by atoms with Gasteiger partial charge in [-0.05, 0) is 42.7 Å². The van der Waals surface area contributed by atoms with Crippen molar-refractivity contribution in [1.82, 2.24) is 9.55 Å². The SMILES string of the molecule is O=C(O)N(C(=O)C1CCc2cc(Br)cc3[nH]c(=O)c(=O)n1c23)c1ccccc1. The molecule has 0 radical (unpaired) electrons. The van der Waals surface area contributed by atoms with Crippen LogP contribution in [0, 0.1) is 0 Å². The Balaban J connectivity index is 1.93. The van der Waals surface area contributed by atoms with E-state index < -0.39 is 29.2 Å². The van der Waals surface area contributed by atoms with E-state index in [9.17, 15) is 24.3 Å². The fraction of sp³-hybridized carbons (Fsp3) is 0.158. The molecule has 0 saturated heterocycles. The van der Waals surface area contributed by atoms with Crippen LogP contribution in [0.25, 0.3) is 11.0 Å². The van der Waals surface area contributed by atoms with Gasteiger partial charge in [0.1, 0.15) is 6.04 Å². The number of hydrogen-bond donors (Lipinski definition) is 2. The maximum Gasteiger partial charge on any atom is 0.418 e. The van der Waals surface area contributed by atoms with E-state index in [-0.39, 0.29) is 12.1 Å². The molecule has 1 aromatic heterocycles. The van der Waals surface area contributed by atoms with Crippen molar-refractivity contribution in [2.24, 2.45) is 0 Å². The number of imide groups is 1. The van der Waals surface area contributed by atoms with Gasteiger partial charge < -0.3 is 10.1 Å². The molecule has 2 amide bonds. The van der Waals surface area contributed by atoms with Crippen LogP contribution >= 0.6 is 15.9 Å². The second-order valence-corrected chi connectivity index (χ2v) is 7.35. The smallest absolute Gasteiger partial charge is 0.418 e. The summed E-state index contributed by atoms with van der Waals surface area (Å²) in [7, 11) is 0. The van der Waals surface area contributed by atoms with Crippen molar-refractivity contribution in [3.05, 3.63) is 73.2 Å². The van der Waals surface area contributed by atoms with Gasteiger partial charge in [0.05, 0.1) is 16.7 Å². The lowest BCUT2D eigenvalue weighted by Crippen LogP contribution is -2.48. The summed E-state index contributed by atoms with van der Waals surface area (Å²) in [4.78, 5) is 52.9. The molecule has 0 saturated carbocycles. The number of carbonyl (C=O) groups is 2. The highest BCUT2D eigenvalue weighted by Crippen LogP contribution is 2.32. The number of rotatable bonds is 2. The van der Waals surface area contributed by atoms with Gasteiger partial charge in [-0.1, -0.05) is 34.1 Å². The normalized spacial score (nSPS) is 15.4. The molecule has 9 heteroatoms. The molecule has 8 nitrogen and oxygen atoms in total. The van der Waals surface area contributed by atoms with Gasteiger partial charge in [-0.3, -0.25) is 19.0 Å². The third-order valence-electron chi connectivity index (χ3n) is 4.77. The Hall–Kier alpha value is -3.20. The van der Waals surface area contributed by atoms with Gasteiger partial charge in [-0.2, -0.15) is 0 Å². The van der Waals surface area contributed by atoms with Crippen molar-refractivity contribution >= 4 is 44.7 Å². The van der Waals surface area contributed by atoms with Gasteiger partial charge in [-0.25, -0.2) is 9.69 Å². The van der Waals surface area contributed by atoms with Gasteiger partial charge in [0.25, 0.3) is 5.91 Å². The summed E-state index contributed by atoms with van der Waals surface area (Å²) in [6.45, 7) is 0. The number of anilines is 1. The average Bonchev–Trinajstić information content (AvgIpc) is 2.66. The van der Waals surface area contributed by atoms with Crippen LogP contribution in [-0.4, -0.2) is 26.7 Å². The topological polar surface area (TPSA) is 112 Å². The molecule has 0 aliphatic carbocycles. The molecule has 1 atom stereocenters. The number of aromatic amines is 1. The third-order valence-corrected chi connectivity index (χ3v) is 5.22. The van der Waals surface area contributed by atoms with Crippen LogP contribution in [0.5, 0.6) is 0 Å². The molecule has 142 valence electrons. The average molecular weight is 444 g/mol. The van der Waals surface area contributed by atoms with Crippen LogP contribution in [0.15, 0.2) is 56.5 Å². The molecule has 28 heavy (non-hydrogen) atoms. The number of aromatic nitrogens is 2. The number of para-hydroxylation sites is 1. The summed E-state index contributed by atoms with van der Waals surface area (Å²) in [5.74, 6) is -0.777. The van der Waals surface area contributed by atoms with E-state index in [2.05, 4.69) is 20.9 Å². The minimum atomic E-state index is -1.45. The summed E-state index contributed by atoms with van der Waals surface area (Å²) in [6.07, 6.45) is -0.788. The monoisotopic (exact) mass is 443 g/mol. The number of amides is 2. The fourth-order valence-electron chi connectivity index (χ4n) is 3.62. The summed E-state index contributed by atoms with van der Waals surface area (Å²) in [6, 6.07) is 10.3. The largest absolute Gasteiger partial charge is 0.464 e. The van der Waals surface area contributed by atoms with Crippen molar-refractivity contribution in [3.8, 4) is 0 Å². The molecule has 0 spiro atoms. The van der Waals surface area contributed by atoms with Crippen molar-refractivity contribution < 1.29 is 14.7 Å². The van der Waals surface area contributed by atoms with E-state index in [1.54, 1.807) is 24.3 Å². The molecule has 2 aromatic carbocycles. The van der Waals surface area contributed by atoms with Crippen LogP contribution in [0.4, 0.5) is 10.5 Å². The Labute approximate surface area is 166 Å². The van der Waals surface area contributed by atoms with E-state index in [1.807, 2.05) is 6.07 Å². The number of carbonyl (C=O) groups excluding carboxylic acids is 1. The van der Waals surface area contributed by atoms with Crippen molar-refractivity contribution in [3.63, 3.8) is 0 Å². The van der Waals surface area contributed by atoms with Crippen LogP contribution in [0.3, 0.4) is 0 Å². The molecule has 2 heterocycles. The number of halogens is 1. The zero-order valence-corrected chi connectivity index (χ0v) is 16.0. The first-order chi connectivity index (χ1) is 13.4. The van der Waals surface area contributed by atoms with Crippen molar-refractivity contribution in [1.29, 1.82) is 0 Å². The molecule has 1 aliphatic rings.